The van der Waals surface area contributed by atoms with Gasteiger partial charge in [0.1, 0.15) is 0 Å². The number of rotatable bonds is 20. The fourth-order valence-electron chi connectivity index (χ4n) is 3.11. The fraction of sp³-hybridized carbons (Fsp3) is 1.00. The van der Waals surface area contributed by atoms with Crippen LogP contribution in [0.25, 0.3) is 0 Å². The molecule has 0 aliphatic rings. The Morgan fingerprint density at radius 1 is 0.514 bits per heavy atom. The Morgan fingerprint density at radius 3 is 0.829 bits per heavy atom. The molecule has 4 nitrogen and oxygen atoms in total. The van der Waals surface area contributed by atoms with Gasteiger partial charge in [-0.05, 0) is 53.4 Å². The molecule has 0 amide bonds. The van der Waals surface area contributed by atoms with Crippen molar-refractivity contribution in [2.24, 2.45) is 0 Å². The van der Waals surface area contributed by atoms with Crippen LogP contribution < -0.4 is 0 Å². The summed E-state index contributed by atoms with van der Waals surface area (Å²) in [6, 6.07) is 0. The van der Waals surface area contributed by atoms with E-state index in [0.29, 0.717) is 0 Å². The second kappa shape index (κ2) is 25.6. The van der Waals surface area contributed by atoms with Crippen LogP contribution in [0.3, 0.4) is 0 Å². The van der Waals surface area contributed by atoms with Crippen molar-refractivity contribution in [3.8, 4) is 0 Å². The van der Waals surface area contributed by atoms with Gasteiger partial charge in [-0.2, -0.15) is 0 Å². The summed E-state index contributed by atoms with van der Waals surface area (Å²) in [6.07, 6.45) is 13.8. The Balaban J connectivity index is -0.000000569. The molecule has 0 spiro atoms. The summed E-state index contributed by atoms with van der Waals surface area (Å²) >= 11 is 21.1. The van der Waals surface area contributed by atoms with Gasteiger partial charge >= 0.3 is 23.9 Å². The van der Waals surface area contributed by atoms with Gasteiger partial charge in [0.25, 0.3) is 0 Å². The number of unbranched alkanes of at least 4 members (excludes halogenated alkanes) is 4. The molecule has 2 radical (unpaired) electrons. The van der Waals surface area contributed by atoms with Crippen LogP contribution in [-0.4, -0.2) is 48.3 Å². The first-order valence-corrected chi connectivity index (χ1v) is 20.5. The van der Waals surface area contributed by atoms with E-state index in [4.69, 9.17) is 66.2 Å². The molecule has 0 aliphatic heterocycles. The second-order valence-electron chi connectivity index (χ2n) is 9.13. The van der Waals surface area contributed by atoms with Gasteiger partial charge in [0, 0.05) is 0 Å². The SMILES string of the molecule is CCCCC(C)OP(=S)([S-])OC(C)CCCC.CCCCC(C)OP(=S)([S-])OC(C)CCCC.[Sn+2]. The van der Waals surface area contributed by atoms with Crippen molar-refractivity contribution in [3.63, 3.8) is 0 Å². The molecule has 0 saturated heterocycles. The van der Waals surface area contributed by atoms with E-state index in [1.165, 1.54) is 25.7 Å². The van der Waals surface area contributed by atoms with Crippen molar-refractivity contribution in [1.29, 1.82) is 0 Å². The Bertz CT molecular complexity index is 488. The molecule has 0 heterocycles. The third kappa shape index (κ3) is 29.4. The third-order valence-electron chi connectivity index (χ3n) is 5.09. The van der Waals surface area contributed by atoms with E-state index in [9.17, 15) is 0 Å². The van der Waals surface area contributed by atoms with E-state index in [1.807, 2.05) is 27.7 Å². The van der Waals surface area contributed by atoms with Gasteiger partial charge in [-0.25, -0.2) is 0 Å². The fourth-order valence-corrected chi connectivity index (χ4v) is 8.92. The standard InChI is InChI=1S/2C12H27O2PS2.Sn/c2*1-5-7-9-11(3)13-15(16,17)14-12(4)10-8-6-2;/h2*11-12H,5-10H2,1-4H3,(H,16,17);/q;;+2/p-2. The first-order valence-electron chi connectivity index (χ1n) is 13.2. The smallest absolute Gasteiger partial charge is 0.691 e. The molecule has 0 fully saturated rings. The van der Waals surface area contributed by atoms with E-state index in [2.05, 4.69) is 27.7 Å². The third-order valence-corrected chi connectivity index (χ3v) is 9.63. The molecule has 0 saturated carbocycles. The van der Waals surface area contributed by atoms with Gasteiger partial charge < -0.3 is 42.6 Å². The summed E-state index contributed by atoms with van der Waals surface area (Å²) < 4.78 is 22.8. The summed E-state index contributed by atoms with van der Waals surface area (Å²) in [5, 5.41) is 0. The molecule has 0 aromatic heterocycles. The van der Waals surface area contributed by atoms with Crippen molar-refractivity contribution < 1.29 is 18.1 Å². The molecule has 0 N–H and O–H groups in total. The van der Waals surface area contributed by atoms with Gasteiger partial charge in [-0.1, -0.05) is 103 Å². The zero-order chi connectivity index (χ0) is 26.6. The van der Waals surface area contributed by atoms with Crippen LogP contribution in [0.5, 0.6) is 0 Å². The minimum Gasteiger partial charge on any atom is -0.691 e. The summed E-state index contributed by atoms with van der Waals surface area (Å²) in [7, 11) is 0. The van der Waals surface area contributed by atoms with Crippen LogP contribution in [0.4, 0.5) is 0 Å². The van der Waals surface area contributed by atoms with Crippen LogP contribution in [0.15, 0.2) is 0 Å². The Hall–Kier alpha value is 2.64. The summed E-state index contributed by atoms with van der Waals surface area (Å²) in [5.74, 6) is 0. The normalized spacial score (nSPS) is 18.1. The number of hydrogen-bond acceptors (Lipinski definition) is 8. The van der Waals surface area contributed by atoms with Crippen LogP contribution in [-0.2, 0) is 66.2 Å². The number of hydrogen-bond donors (Lipinski definition) is 0. The van der Waals surface area contributed by atoms with Crippen molar-refractivity contribution >= 4 is 83.4 Å². The van der Waals surface area contributed by atoms with E-state index in [0.717, 1.165) is 51.4 Å². The second-order valence-corrected chi connectivity index (χ2v) is 18.9. The Labute approximate surface area is 256 Å². The monoisotopic (exact) mass is 714 g/mol. The summed E-state index contributed by atoms with van der Waals surface area (Å²) in [6.45, 7) is 16.8. The maximum absolute atomic E-state index is 5.71. The average Bonchev–Trinajstić information content (AvgIpc) is 2.72. The molecule has 4 atom stereocenters. The Kier molecular flexibility index (Phi) is 30.8. The molecular formula is C24H52O4P2S4Sn. The molecule has 0 aliphatic carbocycles. The van der Waals surface area contributed by atoms with E-state index >= 15 is 0 Å². The molecule has 0 rings (SSSR count). The average molecular weight is 714 g/mol. The zero-order valence-electron chi connectivity index (χ0n) is 23.5. The molecule has 0 aromatic carbocycles. The minimum atomic E-state index is -2.47. The zero-order valence-corrected chi connectivity index (χ0v) is 31.4. The maximum Gasteiger partial charge on any atom is 2.00 e. The first kappa shape index (κ1) is 42.1. The minimum absolute atomic E-state index is 0. The van der Waals surface area contributed by atoms with Gasteiger partial charge in [0.2, 0.25) is 0 Å². The predicted octanol–water partition coefficient (Wildman–Crippen LogP) is 9.52. The van der Waals surface area contributed by atoms with Crippen LogP contribution in [0, 0.1) is 0 Å². The topological polar surface area (TPSA) is 36.9 Å². The quantitative estimate of drug-likeness (QED) is 0.0702. The van der Waals surface area contributed by atoms with E-state index in [1.54, 1.807) is 0 Å². The first-order chi connectivity index (χ1) is 15.8. The van der Waals surface area contributed by atoms with Gasteiger partial charge in [0.15, 0.2) is 0 Å². The molecule has 0 bridgehead atoms. The van der Waals surface area contributed by atoms with E-state index in [-0.39, 0.29) is 48.3 Å². The van der Waals surface area contributed by atoms with Crippen molar-refractivity contribution in [1.82, 2.24) is 0 Å². The Morgan fingerprint density at radius 2 is 0.686 bits per heavy atom. The van der Waals surface area contributed by atoms with Gasteiger partial charge in [-0.15, -0.1) is 0 Å². The molecule has 210 valence electrons. The van der Waals surface area contributed by atoms with Crippen LogP contribution >= 0.6 is 11.4 Å². The molecule has 0 aromatic rings. The van der Waals surface area contributed by atoms with Crippen molar-refractivity contribution in [2.45, 2.75) is 157 Å². The molecule has 35 heavy (non-hydrogen) atoms. The molecule has 11 heteroatoms. The van der Waals surface area contributed by atoms with Gasteiger partial charge in [-0.3, -0.25) is 0 Å². The maximum atomic E-state index is 5.71. The molecular weight excluding hydrogens is 661 g/mol. The van der Waals surface area contributed by atoms with Crippen molar-refractivity contribution in [2.75, 3.05) is 0 Å². The van der Waals surface area contributed by atoms with Gasteiger partial charge in [0.05, 0.1) is 35.8 Å². The van der Waals surface area contributed by atoms with Crippen LogP contribution in [0.2, 0.25) is 0 Å². The van der Waals surface area contributed by atoms with Crippen molar-refractivity contribution in [3.05, 3.63) is 0 Å². The largest absolute Gasteiger partial charge is 2.00 e. The van der Waals surface area contributed by atoms with Crippen LogP contribution in [0.1, 0.15) is 132 Å². The van der Waals surface area contributed by atoms with E-state index < -0.39 is 11.4 Å². The molecule has 4 unspecified atom stereocenters. The predicted molar refractivity (Wildman–Crippen MR) is 169 cm³/mol. The summed E-state index contributed by atoms with van der Waals surface area (Å²) in [4.78, 5) is 0. The summed E-state index contributed by atoms with van der Waals surface area (Å²) in [5.41, 5.74) is -4.94.